The first-order valence-electron chi connectivity index (χ1n) is 8.41. The zero-order valence-electron chi connectivity index (χ0n) is 14.8. The Morgan fingerprint density at radius 3 is 2.59 bits per heavy atom. The number of hydrogen-bond acceptors (Lipinski definition) is 4. The van der Waals surface area contributed by atoms with Gasteiger partial charge in [0.15, 0.2) is 0 Å². The van der Waals surface area contributed by atoms with Gasteiger partial charge in [-0.1, -0.05) is 36.4 Å². The van der Waals surface area contributed by atoms with E-state index in [2.05, 4.69) is 25.9 Å². The average molecular weight is 364 g/mol. The highest BCUT2D eigenvalue weighted by Gasteiger charge is 2.28. The van der Waals surface area contributed by atoms with Gasteiger partial charge < -0.3 is 16.4 Å². The molecule has 2 aromatic rings. The van der Waals surface area contributed by atoms with Crippen molar-refractivity contribution in [1.29, 1.82) is 0 Å². The fourth-order valence-corrected chi connectivity index (χ4v) is 2.53. The molecule has 0 aromatic heterocycles. The van der Waals surface area contributed by atoms with Gasteiger partial charge in [0.25, 0.3) is 5.91 Å². The summed E-state index contributed by atoms with van der Waals surface area (Å²) in [5.74, 6) is -0.519. The van der Waals surface area contributed by atoms with Gasteiger partial charge in [-0.2, -0.15) is 4.99 Å². The van der Waals surface area contributed by atoms with Crippen molar-refractivity contribution in [1.82, 2.24) is 5.32 Å². The molecule has 3 rings (SSSR count). The lowest BCUT2D eigenvalue weighted by Gasteiger charge is -2.09. The summed E-state index contributed by atoms with van der Waals surface area (Å²) in [5.41, 5.74) is 8.23. The Balaban J connectivity index is 1.61. The van der Waals surface area contributed by atoms with Crippen LogP contribution in [0.25, 0.3) is 0 Å². The summed E-state index contributed by atoms with van der Waals surface area (Å²) in [7, 11) is 0. The molecular weight excluding hydrogens is 344 g/mol. The van der Waals surface area contributed by atoms with E-state index in [-0.39, 0.29) is 30.2 Å². The number of nitrogens with one attached hydrogen (secondary N) is 3. The van der Waals surface area contributed by atoms with Gasteiger partial charge >= 0.3 is 0 Å². The van der Waals surface area contributed by atoms with Crippen molar-refractivity contribution in [3.8, 4) is 0 Å². The molecule has 27 heavy (non-hydrogen) atoms. The Kier molecular flexibility index (Phi) is 5.46. The molecule has 0 spiro atoms. The molecule has 1 heterocycles. The van der Waals surface area contributed by atoms with Crippen LogP contribution < -0.4 is 21.7 Å². The van der Waals surface area contributed by atoms with E-state index in [4.69, 9.17) is 5.73 Å². The minimum Gasteiger partial charge on any atom is -0.369 e. The molecule has 0 bridgehead atoms. The lowest BCUT2D eigenvalue weighted by atomic mass is 10.1. The van der Waals surface area contributed by atoms with E-state index in [0.29, 0.717) is 5.69 Å². The highest BCUT2D eigenvalue weighted by Crippen LogP contribution is 2.15. The van der Waals surface area contributed by atoms with Crippen molar-refractivity contribution in [3.63, 3.8) is 0 Å². The standard InChI is InChI=1S/C19H20N6O2/c1-12-7-5-6-10-14(12)22-16(26)11-15-17(27)24-19(23-15)25-18(20)21-13-8-3-2-4-9-13/h2-10,15H,11H2,1H3,(H,22,26)(H4,20,21,23,24,25,27)/t15-/m0/s1. The van der Waals surface area contributed by atoms with Gasteiger partial charge in [0.1, 0.15) is 6.04 Å². The number of anilines is 2. The summed E-state index contributed by atoms with van der Waals surface area (Å²) in [6, 6.07) is 15.8. The lowest BCUT2D eigenvalue weighted by Crippen LogP contribution is -2.32. The van der Waals surface area contributed by atoms with Crippen LogP contribution in [0.4, 0.5) is 11.4 Å². The van der Waals surface area contributed by atoms with Crippen LogP contribution in [0.5, 0.6) is 0 Å². The fourth-order valence-electron chi connectivity index (χ4n) is 2.53. The van der Waals surface area contributed by atoms with Crippen molar-refractivity contribution in [2.45, 2.75) is 19.4 Å². The van der Waals surface area contributed by atoms with Crippen molar-refractivity contribution < 1.29 is 9.59 Å². The molecule has 2 aromatic carbocycles. The number of nitrogens with zero attached hydrogens (tertiary/aromatic N) is 2. The van der Waals surface area contributed by atoms with Crippen molar-refractivity contribution in [2.75, 3.05) is 10.6 Å². The second-order valence-electron chi connectivity index (χ2n) is 6.01. The first kappa shape index (κ1) is 18.1. The highest BCUT2D eigenvalue weighted by molar-refractivity contribution is 6.11. The number of benzene rings is 2. The van der Waals surface area contributed by atoms with Crippen molar-refractivity contribution in [2.24, 2.45) is 15.7 Å². The summed E-state index contributed by atoms with van der Waals surface area (Å²) in [5, 5.41) is 8.20. The zero-order valence-corrected chi connectivity index (χ0v) is 14.8. The SMILES string of the molecule is Cc1ccccc1NC(=O)C[C@@H]1N=C(N=C(N)Nc2ccccc2)NC1=O. The van der Waals surface area contributed by atoms with E-state index in [0.717, 1.165) is 11.3 Å². The Morgan fingerprint density at radius 1 is 1.15 bits per heavy atom. The van der Waals surface area contributed by atoms with Gasteiger partial charge in [-0.05, 0) is 30.7 Å². The maximum absolute atomic E-state index is 12.2. The van der Waals surface area contributed by atoms with E-state index in [1.165, 1.54) is 0 Å². The van der Waals surface area contributed by atoms with Crippen LogP contribution in [0.3, 0.4) is 0 Å². The molecule has 8 nitrogen and oxygen atoms in total. The summed E-state index contributed by atoms with van der Waals surface area (Å²) in [6.07, 6.45) is -0.0782. The minimum atomic E-state index is -0.836. The van der Waals surface area contributed by atoms with Crippen LogP contribution in [-0.4, -0.2) is 29.8 Å². The molecule has 1 atom stereocenters. The van der Waals surface area contributed by atoms with Crippen LogP contribution in [0.2, 0.25) is 0 Å². The molecule has 0 fully saturated rings. The van der Waals surface area contributed by atoms with Crippen LogP contribution in [0, 0.1) is 6.92 Å². The predicted molar refractivity (Wildman–Crippen MR) is 105 cm³/mol. The number of aryl methyl sites for hydroxylation is 1. The van der Waals surface area contributed by atoms with E-state index in [1.54, 1.807) is 6.07 Å². The molecular formula is C19H20N6O2. The normalized spacial score (nSPS) is 16.5. The molecule has 8 heteroatoms. The third-order valence-corrected chi connectivity index (χ3v) is 3.89. The highest BCUT2D eigenvalue weighted by atomic mass is 16.2. The van der Waals surface area contributed by atoms with Crippen molar-refractivity contribution in [3.05, 3.63) is 60.2 Å². The zero-order chi connectivity index (χ0) is 19.2. The Bertz CT molecular complexity index is 907. The summed E-state index contributed by atoms with van der Waals surface area (Å²) in [4.78, 5) is 32.4. The topological polar surface area (TPSA) is 121 Å². The minimum absolute atomic E-state index is 0.0782. The first-order valence-corrected chi connectivity index (χ1v) is 8.41. The number of amides is 2. The molecule has 0 aliphatic carbocycles. The smallest absolute Gasteiger partial charge is 0.252 e. The van der Waals surface area contributed by atoms with Crippen LogP contribution in [-0.2, 0) is 9.59 Å². The molecule has 0 radical (unpaired) electrons. The second kappa shape index (κ2) is 8.13. The van der Waals surface area contributed by atoms with E-state index >= 15 is 0 Å². The molecule has 0 saturated heterocycles. The first-order chi connectivity index (χ1) is 13.0. The fraction of sp³-hybridized carbons (Fsp3) is 0.158. The third-order valence-electron chi connectivity index (χ3n) is 3.89. The third kappa shape index (κ3) is 4.91. The molecule has 0 saturated carbocycles. The van der Waals surface area contributed by atoms with Crippen LogP contribution >= 0.6 is 0 Å². The van der Waals surface area contributed by atoms with Crippen molar-refractivity contribution >= 4 is 35.1 Å². The van der Waals surface area contributed by atoms with Gasteiger partial charge in [0.05, 0.1) is 6.42 Å². The molecule has 0 unspecified atom stereocenters. The quantitative estimate of drug-likeness (QED) is 0.486. The number of nitrogens with two attached hydrogens (primary N) is 1. The monoisotopic (exact) mass is 364 g/mol. The Morgan fingerprint density at radius 2 is 1.85 bits per heavy atom. The maximum atomic E-state index is 12.2. The summed E-state index contributed by atoms with van der Waals surface area (Å²) < 4.78 is 0. The number of para-hydroxylation sites is 2. The summed E-state index contributed by atoms with van der Waals surface area (Å²) in [6.45, 7) is 1.89. The van der Waals surface area contributed by atoms with E-state index < -0.39 is 6.04 Å². The van der Waals surface area contributed by atoms with Crippen LogP contribution in [0.15, 0.2) is 64.6 Å². The molecule has 138 valence electrons. The summed E-state index contributed by atoms with van der Waals surface area (Å²) >= 11 is 0. The number of carbonyl (C=O) groups excluding carboxylic acids is 2. The number of hydrogen-bond donors (Lipinski definition) is 4. The van der Waals surface area contributed by atoms with E-state index in [9.17, 15) is 9.59 Å². The number of carbonyl (C=O) groups is 2. The molecule has 2 amide bonds. The van der Waals surface area contributed by atoms with Crippen LogP contribution in [0.1, 0.15) is 12.0 Å². The Hall–Kier alpha value is -3.68. The van der Waals surface area contributed by atoms with Gasteiger partial charge in [0, 0.05) is 11.4 Å². The van der Waals surface area contributed by atoms with Gasteiger partial charge in [-0.3, -0.25) is 14.9 Å². The predicted octanol–water partition coefficient (Wildman–Crippen LogP) is 1.60. The molecule has 5 N–H and O–H groups in total. The van der Waals surface area contributed by atoms with Gasteiger partial charge in [0.2, 0.25) is 17.8 Å². The molecule has 1 aliphatic rings. The molecule has 1 aliphatic heterocycles. The van der Waals surface area contributed by atoms with Gasteiger partial charge in [-0.15, -0.1) is 0 Å². The number of aliphatic imine (C=N–C) groups is 2. The van der Waals surface area contributed by atoms with Gasteiger partial charge in [-0.25, -0.2) is 4.99 Å². The second-order valence-corrected chi connectivity index (χ2v) is 6.01. The lowest BCUT2D eigenvalue weighted by molar-refractivity contribution is -0.123. The average Bonchev–Trinajstić information content (AvgIpc) is 2.96. The Labute approximate surface area is 156 Å². The maximum Gasteiger partial charge on any atom is 0.252 e. The van der Waals surface area contributed by atoms with E-state index in [1.807, 2.05) is 55.5 Å². The number of rotatable bonds is 4. The number of guanidine groups is 2. The largest absolute Gasteiger partial charge is 0.369 e.